The van der Waals surface area contributed by atoms with Crippen LogP contribution in [0.5, 0.6) is 0 Å². The number of amides is 1. The highest BCUT2D eigenvalue weighted by molar-refractivity contribution is 9.11. The van der Waals surface area contributed by atoms with E-state index in [4.69, 9.17) is 11.6 Å². The first-order valence-electron chi connectivity index (χ1n) is 6.93. The van der Waals surface area contributed by atoms with Crippen molar-refractivity contribution in [1.82, 2.24) is 0 Å². The lowest BCUT2D eigenvalue weighted by Crippen LogP contribution is -2.26. The Hall–Kier alpha value is -2.44. The van der Waals surface area contributed by atoms with Crippen molar-refractivity contribution in [3.63, 3.8) is 0 Å². The molecule has 13 heteroatoms. The maximum absolute atomic E-state index is 12.1. The molecule has 0 aliphatic heterocycles. The lowest BCUT2D eigenvalue weighted by atomic mass is 10.3. The van der Waals surface area contributed by atoms with Crippen molar-refractivity contribution in [2.24, 2.45) is 10.3 Å². The van der Waals surface area contributed by atoms with Crippen molar-refractivity contribution in [2.75, 3.05) is 10.9 Å². The highest BCUT2D eigenvalue weighted by atomic mass is 79.9. The number of nitrogens with zero attached hydrogens (tertiary/aromatic N) is 5. The second kappa shape index (κ2) is 8.97. The molecule has 2 aromatic carbocycles. The highest BCUT2D eigenvalue weighted by Gasteiger charge is 2.20. The van der Waals surface area contributed by atoms with Crippen LogP contribution in [0, 0.1) is 20.2 Å². The van der Waals surface area contributed by atoms with Crippen LogP contribution < -0.4 is 5.01 Å². The van der Waals surface area contributed by atoms with Gasteiger partial charge in [0.1, 0.15) is 11.6 Å². The Kier molecular flexibility index (Phi) is 6.93. The van der Waals surface area contributed by atoms with E-state index >= 15 is 0 Å². The van der Waals surface area contributed by atoms with Crippen molar-refractivity contribution < 1.29 is 14.6 Å². The number of alkyl halides is 1. The number of non-ortho nitro benzene ring substituents is 2. The fourth-order valence-corrected chi connectivity index (χ4v) is 2.95. The van der Waals surface area contributed by atoms with Crippen LogP contribution in [0.4, 0.5) is 22.7 Å². The topological polar surface area (TPSA) is 131 Å². The van der Waals surface area contributed by atoms with Gasteiger partial charge in [-0.1, -0.05) is 5.22 Å². The zero-order valence-electron chi connectivity index (χ0n) is 13.1. The Morgan fingerprint density at radius 2 is 1.59 bits per heavy atom. The molecular formula is C14H8Br2ClN5O5. The Labute approximate surface area is 173 Å². The third-order valence-electron chi connectivity index (χ3n) is 3.10. The number of benzene rings is 2. The minimum atomic E-state index is -0.631. The quantitative estimate of drug-likeness (QED) is 0.220. The molecule has 0 saturated carbocycles. The molecule has 0 spiro atoms. The van der Waals surface area contributed by atoms with Gasteiger partial charge in [0.05, 0.1) is 24.5 Å². The minimum absolute atomic E-state index is 0.146. The number of nitro groups is 2. The SMILES string of the molecule is O=C(CCl)N(N=Nc1ccc([N+](=O)[O-])cc1Br)c1ccc([N+](=O)[O-])cc1Br. The molecule has 0 aliphatic rings. The summed E-state index contributed by atoms with van der Waals surface area (Å²) in [4.78, 5) is 32.6. The number of halogens is 3. The molecule has 2 rings (SSSR count). The van der Waals surface area contributed by atoms with Gasteiger partial charge in [-0.05, 0) is 44.0 Å². The van der Waals surface area contributed by atoms with E-state index in [2.05, 4.69) is 42.2 Å². The molecule has 27 heavy (non-hydrogen) atoms. The summed E-state index contributed by atoms with van der Waals surface area (Å²) >= 11 is 11.9. The predicted octanol–water partition coefficient (Wildman–Crippen LogP) is 5.30. The molecule has 0 fully saturated rings. The molecule has 0 N–H and O–H groups in total. The van der Waals surface area contributed by atoms with E-state index in [9.17, 15) is 25.0 Å². The van der Waals surface area contributed by atoms with Crippen LogP contribution in [0.25, 0.3) is 0 Å². The molecule has 0 saturated heterocycles. The lowest BCUT2D eigenvalue weighted by molar-refractivity contribution is -0.385. The molecule has 0 bridgehead atoms. The van der Waals surface area contributed by atoms with E-state index in [0.29, 0.717) is 4.47 Å². The third-order valence-corrected chi connectivity index (χ3v) is 4.60. The van der Waals surface area contributed by atoms with Crippen molar-refractivity contribution in [2.45, 2.75) is 0 Å². The molecule has 0 atom stereocenters. The van der Waals surface area contributed by atoms with Crippen LogP contribution in [0.2, 0.25) is 0 Å². The number of hydrogen-bond donors (Lipinski definition) is 0. The van der Waals surface area contributed by atoms with Gasteiger partial charge >= 0.3 is 0 Å². The second-order valence-electron chi connectivity index (χ2n) is 4.81. The monoisotopic (exact) mass is 519 g/mol. The van der Waals surface area contributed by atoms with Crippen molar-refractivity contribution in [3.05, 3.63) is 65.6 Å². The summed E-state index contributed by atoms with van der Waals surface area (Å²) in [6.45, 7) is 0. The maximum Gasteiger partial charge on any atom is 0.270 e. The van der Waals surface area contributed by atoms with Crippen molar-refractivity contribution in [3.8, 4) is 0 Å². The molecule has 0 aromatic heterocycles. The van der Waals surface area contributed by atoms with Crippen LogP contribution in [0.3, 0.4) is 0 Å². The molecule has 2 aromatic rings. The molecule has 0 unspecified atom stereocenters. The van der Waals surface area contributed by atoms with Gasteiger partial charge < -0.3 is 0 Å². The molecular weight excluding hydrogens is 513 g/mol. The van der Waals surface area contributed by atoms with Crippen LogP contribution in [-0.4, -0.2) is 21.6 Å². The summed E-state index contributed by atoms with van der Waals surface area (Å²) in [5.41, 5.74) is 0.0885. The first-order chi connectivity index (χ1) is 12.7. The van der Waals surface area contributed by atoms with E-state index in [-0.39, 0.29) is 27.2 Å². The Bertz CT molecular complexity index is 955. The first-order valence-corrected chi connectivity index (χ1v) is 9.05. The van der Waals surface area contributed by atoms with Crippen LogP contribution in [0.15, 0.2) is 55.7 Å². The van der Waals surface area contributed by atoms with E-state index in [0.717, 1.165) is 5.01 Å². The number of nitro benzene ring substituents is 2. The van der Waals surface area contributed by atoms with Gasteiger partial charge in [-0.15, -0.1) is 16.7 Å². The van der Waals surface area contributed by atoms with Crippen molar-refractivity contribution >= 4 is 72.1 Å². The summed E-state index contributed by atoms with van der Waals surface area (Å²) in [5.74, 6) is -1.04. The number of rotatable bonds is 6. The lowest BCUT2D eigenvalue weighted by Gasteiger charge is -2.16. The standard InChI is InChI=1S/C14H8Br2ClN5O5/c15-10-5-8(21(24)25)1-3-12(10)18-19-20(14(23)7-17)13-4-2-9(22(26)27)6-11(13)16/h1-6H,7H2. The summed E-state index contributed by atoms with van der Waals surface area (Å²) in [6.07, 6.45) is 0. The van der Waals surface area contributed by atoms with E-state index in [1.165, 1.54) is 36.4 Å². The fourth-order valence-electron chi connectivity index (χ4n) is 1.85. The first kappa shape index (κ1) is 20.9. The van der Waals surface area contributed by atoms with Crippen LogP contribution in [0.1, 0.15) is 0 Å². The minimum Gasteiger partial charge on any atom is -0.271 e. The summed E-state index contributed by atoms with van der Waals surface area (Å²) < 4.78 is 0.526. The van der Waals surface area contributed by atoms with Gasteiger partial charge in [0.15, 0.2) is 0 Å². The number of hydrogen-bond acceptors (Lipinski definition) is 7. The van der Waals surface area contributed by atoms with Gasteiger partial charge in [-0.3, -0.25) is 25.0 Å². The smallest absolute Gasteiger partial charge is 0.270 e. The molecule has 0 radical (unpaired) electrons. The van der Waals surface area contributed by atoms with Crippen molar-refractivity contribution in [1.29, 1.82) is 0 Å². The maximum atomic E-state index is 12.1. The fraction of sp³-hybridized carbons (Fsp3) is 0.0714. The Balaban J connectivity index is 2.41. The van der Waals surface area contributed by atoms with Crippen LogP contribution in [-0.2, 0) is 4.79 Å². The Morgan fingerprint density at radius 3 is 2.07 bits per heavy atom. The number of carbonyl (C=O) groups is 1. The third kappa shape index (κ3) is 5.05. The van der Waals surface area contributed by atoms with E-state index in [1.54, 1.807) is 0 Å². The normalized spacial score (nSPS) is 10.8. The van der Waals surface area contributed by atoms with E-state index in [1.807, 2.05) is 0 Å². The average Bonchev–Trinajstić information content (AvgIpc) is 2.63. The van der Waals surface area contributed by atoms with Gasteiger partial charge in [0.25, 0.3) is 17.3 Å². The number of carbonyl (C=O) groups excluding carboxylic acids is 1. The highest BCUT2D eigenvalue weighted by Crippen LogP contribution is 2.33. The van der Waals surface area contributed by atoms with Gasteiger partial charge in [0.2, 0.25) is 0 Å². The molecule has 0 aliphatic carbocycles. The summed E-state index contributed by atoms with van der Waals surface area (Å²) in [7, 11) is 0. The second-order valence-corrected chi connectivity index (χ2v) is 6.79. The largest absolute Gasteiger partial charge is 0.271 e. The van der Waals surface area contributed by atoms with Gasteiger partial charge in [-0.2, -0.15) is 5.01 Å². The summed E-state index contributed by atoms with van der Waals surface area (Å²) in [5, 5.41) is 30.2. The average molecular weight is 522 g/mol. The van der Waals surface area contributed by atoms with Crippen LogP contribution >= 0.6 is 43.5 Å². The predicted molar refractivity (Wildman–Crippen MR) is 104 cm³/mol. The molecule has 140 valence electrons. The molecule has 10 nitrogen and oxygen atoms in total. The molecule has 0 heterocycles. The van der Waals surface area contributed by atoms with E-state index < -0.39 is 21.6 Å². The number of anilines is 1. The molecule has 1 amide bonds. The zero-order valence-corrected chi connectivity index (χ0v) is 17.0. The zero-order chi connectivity index (χ0) is 20.1. The Morgan fingerprint density at radius 1 is 1.04 bits per heavy atom. The van der Waals surface area contributed by atoms with Gasteiger partial charge in [-0.25, -0.2) is 0 Å². The summed E-state index contributed by atoms with van der Waals surface area (Å²) in [6, 6.07) is 7.54. The van der Waals surface area contributed by atoms with Gasteiger partial charge in [0, 0.05) is 24.3 Å².